The molecule has 26 heavy (non-hydrogen) atoms. The maximum absolute atomic E-state index is 12.2. The SMILES string of the molecule is C[C@H](O)[C@H](NC(=O)c1ccc(C#Cc2ccc(N)cc2)cc1)C(=O)CO. The summed E-state index contributed by atoms with van der Waals surface area (Å²) < 4.78 is 0. The van der Waals surface area contributed by atoms with E-state index in [1.165, 1.54) is 6.92 Å². The van der Waals surface area contributed by atoms with Crippen molar-refractivity contribution in [1.82, 2.24) is 5.32 Å². The van der Waals surface area contributed by atoms with Gasteiger partial charge in [-0.3, -0.25) is 9.59 Å². The van der Waals surface area contributed by atoms with Crippen LogP contribution in [-0.2, 0) is 4.79 Å². The van der Waals surface area contributed by atoms with Crippen molar-refractivity contribution in [3.8, 4) is 11.8 Å². The zero-order valence-electron chi connectivity index (χ0n) is 14.3. The second-order valence-corrected chi connectivity index (χ2v) is 5.77. The summed E-state index contributed by atoms with van der Waals surface area (Å²) in [5, 5.41) is 20.9. The van der Waals surface area contributed by atoms with Crippen molar-refractivity contribution in [3.63, 3.8) is 0 Å². The highest BCUT2D eigenvalue weighted by Gasteiger charge is 2.25. The number of carbonyl (C=O) groups excluding carboxylic acids is 2. The van der Waals surface area contributed by atoms with Gasteiger partial charge in [0.1, 0.15) is 12.6 Å². The Balaban J connectivity index is 2.08. The fourth-order valence-corrected chi connectivity index (χ4v) is 2.21. The number of nitrogen functional groups attached to an aromatic ring is 1. The van der Waals surface area contributed by atoms with Gasteiger partial charge in [0.25, 0.3) is 5.91 Å². The van der Waals surface area contributed by atoms with Crippen molar-refractivity contribution < 1.29 is 19.8 Å². The number of rotatable bonds is 5. The maximum atomic E-state index is 12.2. The summed E-state index contributed by atoms with van der Waals surface area (Å²) in [7, 11) is 0. The van der Waals surface area contributed by atoms with Crippen LogP contribution < -0.4 is 11.1 Å². The lowest BCUT2D eigenvalue weighted by Crippen LogP contribution is -2.48. The Hall–Kier alpha value is -3.14. The summed E-state index contributed by atoms with van der Waals surface area (Å²) in [5.74, 6) is 4.81. The molecule has 0 bridgehead atoms. The van der Waals surface area contributed by atoms with Gasteiger partial charge in [-0.05, 0) is 55.5 Å². The van der Waals surface area contributed by atoms with Gasteiger partial charge in [-0.15, -0.1) is 0 Å². The number of ketones is 1. The first-order valence-electron chi connectivity index (χ1n) is 8.01. The molecule has 0 aromatic heterocycles. The molecule has 0 spiro atoms. The van der Waals surface area contributed by atoms with Gasteiger partial charge in [-0.1, -0.05) is 11.8 Å². The summed E-state index contributed by atoms with van der Waals surface area (Å²) in [4.78, 5) is 23.8. The highest BCUT2D eigenvalue weighted by molar-refractivity contribution is 5.98. The van der Waals surface area contributed by atoms with Crippen LogP contribution in [0.3, 0.4) is 0 Å². The van der Waals surface area contributed by atoms with Gasteiger partial charge in [-0.2, -0.15) is 0 Å². The number of hydrogen-bond acceptors (Lipinski definition) is 5. The van der Waals surface area contributed by atoms with Gasteiger partial charge in [0.2, 0.25) is 0 Å². The fraction of sp³-hybridized carbons (Fsp3) is 0.200. The maximum Gasteiger partial charge on any atom is 0.251 e. The summed E-state index contributed by atoms with van der Waals surface area (Å²) >= 11 is 0. The molecule has 2 atom stereocenters. The number of aliphatic hydroxyl groups excluding tert-OH is 2. The number of amides is 1. The second kappa shape index (κ2) is 8.81. The number of aliphatic hydroxyl groups is 2. The van der Waals surface area contributed by atoms with Crippen LogP contribution in [-0.4, -0.2) is 40.7 Å². The van der Waals surface area contributed by atoms with Crippen molar-refractivity contribution in [2.45, 2.75) is 19.1 Å². The van der Waals surface area contributed by atoms with Crippen molar-refractivity contribution in [2.75, 3.05) is 12.3 Å². The highest BCUT2D eigenvalue weighted by atomic mass is 16.3. The Bertz CT molecular complexity index is 831. The molecule has 0 radical (unpaired) electrons. The minimum atomic E-state index is -1.16. The van der Waals surface area contributed by atoms with E-state index in [4.69, 9.17) is 10.8 Å². The molecule has 5 N–H and O–H groups in total. The largest absolute Gasteiger partial charge is 0.399 e. The second-order valence-electron chi connectivity index (χ2n) is 5.77. The molecule has 6 nitrogen and oxygen atoms in total. The molecule has 0 saturated heterocycles. The van der Waals surface area contributed by atoms with Crippen LogP contribution in [0.15, 0.2) is 48.5 Å². The van der Waals surface area contributed by atoms with Crippen molar-refractivity contribution in [3.05, 3.63) is 65.2 Å². The van der Waals surface area contributed by atoms with E-state index in [2.05, 4.69) is 17.2 Å². The number of carbonyl (C=O) groups is 2. The van der Waals surface area contributed by atoms with E-state index < -0.39 is 30.4 Å². The molecular weight excluding hydrogens is 332 g/mol. The number of anilines is 1. The van der Waals surface area contributed by atoms with Gasteiger partial charge in [0.05, 0.1) is 6.10 Å². The smallest absolute Gasteiger partial charge is 0.251 e. The molecular formula is C20H20N2O4. The standard InChI is InChI=1S/C20H20N2O4/c1-13(24)19(18(25)12-23)22-20(26)16-8-4-14(5-9-16)2-3-15-6-10-17(21)11-7-15/h4-11,13,19,23-24H,12,21H2,1H3,(H,22,26)/t13-,19-/m0/s1. The molecule has 0 aliphatic rings. The van der Waals surface area contributed by atoms with Gasteiger partial charge >= 0.3 is 0 Å². The van der Waals surface area contributed by atoms with Crippen molar-refractivity contribution >= 4 is 17.4 Å². The molecule has 2 rings (SSSR count). The Labute approximate surface area is 151 Å². The molecule has 0 aliphatic heterocycles. The fourth-order valence-electron chi connectivity index (χ4n) is 2.21. The van der Waals surface area contributed by atoms with Crippen LogP contribution in [0.1, 0.15) is 28.4 Å². The molecule has 134 valence electrons. The Morgan fingerprint density at radius 1 is 1.04 bits per heavy atom. The van der Waals surface area contributed by atoms with Gasteiger partial charge in [0, 0.05) is 22.4 Å². The average molecular weight is 352 g/mol. The van der Waals surface area contributed by atoms with Crippen LogP contribution in [0, 0.1) is 11.8 Å². The predicted octanol–water partition coefficient (Wildman–Crippen LogP) is 0.709. The highest BCUT2D eigenvalue weighted by Crippen LogP contribution is 2.07. The van der Waals surface area contributed by atoms with Crippen LogP contribution in [0.4, 0.5) is 5.69 Å². The third-order valence-corrected chi connectivity index (χ3v) is 3.68. The van der Waals surface area contributed by atoms with Crippen LogP contribution in [0.5, 0.6) is 0 Å². The van der Waals surface area contributed by atoms with Crippen LogP contribution in [0.2, 0.25) is 0 Å². The molecule has 0 aliphatic carbocycles. The summed E-state index contributed by atoms with van der Waals surface area (Å²) in [6, 6.07) is 12.5. The number of Topliss-reactive ketones (excluding diaryl/α,β-unsaturated/α-hetero) is 1. The molecule has 2 aromatic carbocycles. The summed E-state index contributed by atoms with van der Waals surface area (Å²) in [5.41, 5.74) is 8.15. The third kappa shape index (κ3) is 5.18. The molecule has 2 aromatic rings. The van der Waals surface area contributed by atoms with E-state index in [-0.39, 0.29) is 0 Å². The third-order valence-electron chi connectivity index (χ3n) is 3.68. The number of nitrogens with one attached hydrogen (secondary N) is 1. The van der Waals surface area contributed by atoms with Crippen LogP contribution in [0.25, 0.3) is 0 Å². The lowest BCUT2D eigenvalue weighted by Gasteiger charge is -2.19. The molecule has 0 heterocycles. The topological polar surface area (TPSA) is 113 Å². The van der Waals surface area contributed by atoms with Gasteiger partial charge in [-0.25, -0.2) is 0 Å². The quantitative estimate of drug-likeness (QED) is 0.468. The molecule has 0 saturated carbocycles. The van der Waals surface area contributed by atoms with Crippen molar-refractivity contribution in [2.24, 2.45) is 0 Å². The normalized spacial score (nSPS) is 12.4. The molecule has 0 unspecified atom stereocenters. The first-order valence-corrected chi connectivity index (χ1v) is 8.01. The van der Waals surface area contributed by atoms with Gasteiger partial charge < -0.3 is 21.3 Å². The van der Waals surface area contributed by atoms with E-state index >= 15 is 0 Å². The monoisotopic (exact) mass is 352 g/mol. The lowest BCUT2D eigenvalue weighted by atomic mass is 10.1. The lowest BCUT2D eigenvalue weighted by molar-refractivity contribution is -0.125. The van der Waals surface area contributed by atoms with E-state index in [1.54, 1.807) is 36.4 Å². The Morgan fingerprint density at radius 2 is 1.54 bits per heavy atom. The summed E-state index contributed by atoms with van der Waals surface area (Å²) in [6.45, 7) is 0.615. The first-order chi connectivity index (χ1) is 12.4. The zero-order valence-corrected chi connectivity index (χ0v) is 14.3. The number of benzene rings is 2. The predicted molar refractivity (Wildman–Crippen MR) is 98.3 cm³/mol. The van der Waals surface area contributed by atoms with Crippen molar-refractivity contribution in [1.29, 1.82) is 0 Å². The van der Waals surface area contributed by atoms with E-state index in [0.717, 1.165) is 11.1 Å². The average Bonchev–Trinajstić information content (AvgIpc) is 2.65. The van der Waals surface area contributed by atoms with Gasteiger partial charge in [0.15, 0.2) is 5.78 Å². The Morgan fingerprint density at radius 3 is 2.00 bits per heavy atom. The minimum absolute atomic E-state index is 0.319. The molecule has 1 amide bonds. The Kier molecular flexibility index (Phi) is 6.50. The number of nitrogens with two attached hydrogens (primary N) is 1. The molecule has 6 heteroatoms. The van der Waals surface area contributed by atoms with Crippen LogP contribution >= 0.6 is 0 Å². The van der Waals surface area contributed by atoms with E-state index in [0.29, 0.717) is 11.3 Å². The number of hydrogen-bond donors (Lipinski definition) is 4. The summed E-state index contributed by atoms with van der Waals surface area (Å²) in [6.07, 6.45) is -1.11. The first kappa shape index (κ1) is 19.2. The minimum Gasteiger partial charge on any atom is -0.399 e. The molecule has 0 fully saturated rings. The van der Waals surface area contributed by atoms with E-state index in [1.807, 2.05) is 12.1 Å². The van der Waals surface area contributed by atoms with E-state index in [9.17, 15) is 14.7 Å². The zero-order chi connectivity index (χ0) is 19.1.